The Morgan fingerprint density at radius 1 is 1.17 bits per heavy atom. The second-order valence-corrected chi connectivity index (χ2v) is 7.64. The summed E-state index contributed by atoms with van der Waals surface area (Å²) >= 11 is 6.47. The molecule has 0 atom stereocenters. The summed E-state index contributed by atoms with van der Waals surface area (Å²) in [6.07, 6.45) is 3.13. The number of hydrogen-bond donors (Lipinski definition) is 0. The molecule has 0 amide bonds. The zero-order valence-corrected chi connectivity index (χ0v) is 17.8. The number of hydrogen-bond acceptors (Lipinski definition) is 4. The van der Waals surface area contributed by atoms with Gasteiger partial charge in [-0.05, 0) is 50.5 Å². The molecule has 1 aliphatic heterocycles. The molecule has 0 radical (unpaired) electrons. The van der Waals surface area contributed by atoms with Gasteiger partial charge in [0.1, 0.15) is 11.6 Å². The zero-order valence-electron chi connectivity index (χ0n) is 17.1. The molecular formula is C23H24ClFN2O3. The smallest absolute Gasteiger partial charge is 0.357 e. The summed E-state index contributed by atoms with van der Waals surface area (Å²) in [5, 5.41) is 0.546. The number of piperidine rings is 1. The van der Waals surface area contributed by atoms with E-state index in [2.05, 4.69) is 4.90 Å². The molecule has 0 aliphatic carbocycles. The van der Waals surface area contributed by atoms with Crippen LogP contribution in [0.25, 0.3) is 16.6 Å². The predicted molar refractivity (Wildman–Crippen MR) is 117 cm³/mol. The number of fused-ring (bicyclic) bond motifs is 1. The van der Waals surface area contributed by atoms with Gasteiger partial charge in [0.25, 0.3) is 0 Å². The first kappa shape index (κ1) is 20.5. The molecule has 1 fully saturated rings. The molecule has 4 rings (SSSR count). The van der Waals surface area contributed by atoms with Gasteiger partial charge in [0.2, 0.25) is 0 Å². The molecule has 158 valence electrons. The van der Waals surface area contributed by atoms with Crippen molar-refractivity contribution in [2.24, 2.45) is 0 Å². The Morgan fingerprint density at radius 3 is 2.63 bits per heavy atom. The lowest BCUT2D eigenvalue weighted by Crippen LogP contribution is -2.31. The van der Waals surface area contributed by atoms with E-state index in [1.807, 2.05) is 24.3 Å². The maximum Gasteiger partial charge on any atom is 0.357 e. The molecule has 5 nitrogen and oxygen atoms in total. The van der Waals surface area contributed by atoms with Crippen LogP contribution < -0.4 is 9.64 Å². The monoisotopic (exact) mass is 430 g/mol. The van der Waals surface area contributed by atoms with Crippen LogP contribution in [-0.4, -0.2) is 37.3 Å². The van der Waals surface area contributed by atoms with Crippen molar-refractivity contribution in [3.8, 4) is 11.4 Å². The Kier molecular flexibility index (Phi) is 5.86. The number of halogens is 2. The third-order valence-corrected chi connectivity index (χ3v) is 5.82. The molecule has 2 heterocycles. The highest BCUT2D eigenvalue weighted by Crippen LogP contribution is 2.42. The highest BCUT2D eigenvalue weighted by Gasteiger charge is 2.31. The van der Waals surface area contributed by atoms with E-state index in [-0.39, 0.29) is 11.6 Å². The number of benzene rings is 2. The molecule has 1 aliphatic rings. The molecule has 7 heteroatoms. The minimum absolute atomic E-state index is 0.0141. The van der Waals surface area contributed by atoms with Crippen molar-refractivity contribution in [2.45, 2.75) is 26.2 Å². The van der Waals surface area contributed by atoms with Crippen LogP contribution in [0.4, 0.5) is 10.1 Å². The molecule has 30 heavy (non-hydrogen) atoms. The third-order valence-electron chi connectivity index (χ3n) is 5.45. The van der Waals surface area contributed by atoms with E-state index in [0.29, 0.717) is 33.7 Å². The van der Waals surface area contributed by atoms with Gasteiger partial charge in [-0.2, -0.15) is 0 Å². The summed E-state index contributed by atoms with van der Waals surface area (Å²) in [6, 6.07) is 10.4. The summed E-state index contributed by atoms with van der Waals surface area (Å²) in [5.41, 5.74) is 2.36. The highest BCUT2D eigenvalue weighted by atomic mass is 35.5. The minimum atomic E-state index is -0.513. The molecule has 2 aromatic carbocycles. The maximum absolute atomic E-state index is 14.5. The number of carbonyl (C=O) groups is 1. The SMILES string of the molecule is CCOC(=O)c1c(N2CCCCC2)c2c(Cl)c(F)ccc2n1-c1cccc(OC)c1. The molecule has 3 aromatic rings. The van der Waals surface area contributed by atoms with Crippen LogP contribution in [0, 0.1) is 5.82 Å². The molecule has 1 saturated heterocycles. The second-order valence-electron chi connectivity index (χ2n) is 7.26. The number of rotatable bonds is 5. The Morgan fingerprint density at radius 2 is 1.93 bits per heavy atom. The summed E-state index contributed by atoms with van der Waals surface area (Å²) in [5.74, 6) is -0.328. The predicted octanol–water partition coefficient (Wildman–Crippen LogP) is 5.60. The Labute approximate surface area is 179 Å². The number of nitrogens with zero attached hydrogens (tertiary/aromatic N) is 2. The van der Waals surface area contributed by atoms with Crippen LogP contribution >= 0.6 is 11.6 Å². The van der Waals surface area contributed by atoms with Crippen molar-refractivity contribution in [3.05, 3.63) is 52.9 Å². The van der Waals surface area contributed by atoms with Crippen LogP contribution in [0.3, 0.4) is 0 Å². The lowest BCUT2D eigenvalue weighted by Gasteiger charge is -2.29. The van der Waals surface area contributed by atoms with Crippen molar-refractivity contribution >= 4 is 34.2 Å². The standard InChI is InChI=1S/C23H24ClFN2O3/c1-3-30-23(28)22-21(26-12-5-4-6-13-26)19-18(11-10-17(25)20(19)24)27(22)15-8-7-9-16(14-15)29-2/h7-11,14H,3-6,12-13H2,1-2H3. The van der Waals surface area contributed by atoms with Gasteiger partial charge in [-0.3, -0.25) is 0 Å². The molecule has 0 saturated carbocycles. The number of esters is 1. The third kappa shape index (κ3) is 3.49. The van der Waals surface area contributed by atoms with E-state index in [1.165, 1.54) is 6.07 Å². The van der Waals surface area contributed by atoms with Crippen molar-refractivity contribution in [2.75, 3.05) is 31.7 Å². The van der Waals surface area contributed by atoms with Crippen LogP contribution in [0.15, 0.2) is 36.4 Å². The molecular weight excluding hydrogens is 407 g/mol. The highest BCUT2D eigenvalue weighted by molar-refractivity contribution is 6.37. The van der Waals surface area contributed by atoms with E-state index in [9.17, 15) is 9.18 Å². The lowest BCUT2D eigenvalue weighted by molar-refractivity contribution is 0.0518. The second kappa shape index (κ2) is 8.56. The van der Waals surface area contributed by atoms with Gasteiger partial charge >= 0.3 is 5.97 Å². The fourth-order valence-electron chi connectivity index (χ4n) is 4.13. The molecule has 1 aromatic heterocycles. The first-order chi connectivity index (χ1) is 14.6. The molecule has 0 bridgehead atoms. The van der Waals surface area contributed by atoms with Crippen molar-refractivity contribution in [1.82, 2.24) is 4.57 Å². The summed E-state index contributed by atoms with van der Waals surface area (Å²) in [7, 11) is 1.59. The number of ether oxygens (including phenoxy) is 2. The van der Waals surface area contributed by atoms with E-state index in [4.69, 9.17) is 21.1 Å². The summed E-state index contributed by atoms with van der Waals surface area (Å²) in [4.78, 5) is 15.3. The molecule has 0 unspecified atom stereocenters. The largest absolute Gasteiger partial charge is 0.497 e. The first-order valence-corrected chi connectivity index (χ1v) is 10.5. The van der Waals surface area contributed by atoms with E-state index >= 15 is 0 Å². The minimum Gasteiger partial charge on any atom is -0.497 e. The Hall–Kier alpha value is -2.73. The van der Waals surface area contributed by atoms with Crippen LogP contribution in [-0.2, 0) is 4.74 Å². The van der Waals surface area contributed by atoms with Crippen LogP contribution in [0.2, 0.25) is 5.02 Å². The van der Waals surface area contributed by atoms with Gasteiger partial charge in [-0.15, -0.1) is 0 Å². The number of carbonyl (C=O) groups excluding carboxylic acids is 1. The van der Waals surface area contributed by atoms with Crippen LogP contribution in [0.5, 0.6) is 5.75 Å². The summed E-state index contributed by atoms with van der Waals surface area (Å²) in [6.45, 7) is 3.55. The lowest BCUT2D eigenvalue weighted by atomic mass is 10.1. The Balaban J connectivity index is 2.09. The van der Waals surface area contributed by atoms with E-state index < -0.39 is 11.8 Å². The number of aromatic nitrogens is 1. The fraction of sp³-hybridized carbons (Fsp3) is 0.348. The fourth-order valence-corrected chi connectivity index (χ4v) is 4.38. The van der Waals surface area contributed by atoms with Crippen molar-refractivity contribution in [1.29, 1.82) is 0 Å². The van der Waals surface area contributed by atoms with Gasteiger partial charge < -0.3 is 18.9 Å². The topological polar surface area (TPSA) is 43.7 Å². The van der Waals surface area contributed by atoms with Gasteiger partial charge in [-0.1, -0.05) is 17.7 Å². The van der Waals surface area contributed by atoms with Gasteiger partial charge in [-0.25, -0.2) is 9.18 Å². The average molecular weight is 431 g/mol. The molecule has 0 spiro atoms. The average Bonchev–Trinajstić information content (AvgIpc) is 3.13. The number of methoxy groups -OCH3 is 1. The van der Waals surface area contributed by atoms with Gasteiger partial charge in [0.15, 0.2) is 5.69 Å². The molecule has 0 N–H and O–H groups in total. The quantitative estimate of drug-likeness (QED) is 0.494. The maximum atomic E-state index is 14.5. The van der Waals surface area contributed by atoms with Crippen molar-refractivity contribution < 1.29 is 18.7 Å². The van der Waals surface area contributed by atoms with E-state index in [0.717, 1.165) is 32.4 Å². The summed E-state index contributed by atoms with van der Waals surface area (Å²) < 4.78 is 27.1. The van der Waals surface area contributed by atoms with Gasteiger partial charge in [0.05, 0.1) is 35.6 Å². The van der Waals surface area contributed by atoms with Gasteiger partial charge in [0, 0.05) is 24.5 Å². The van der Waals surface area contributed by atoms with E-state index in [1.54, 1.807) is 24.7 Å². The van der Waals surface area contributed by atoms with Crippen molar-refractivity contribution in [3.63, 3.8) is 0 Å². The zero-order chi connectivity index (χ0) is 21.3. The normalized spacial score (nSPS) is 14.2. The van der Waals surface area contributed by atoms with Crippen LogP contribution in [0.1, 0.15) is 36.7 Å². The number of anilines is 1. The Bertz CT molecular complexity index is 1090. The first-order valence-electron chi connectivity index (χ1n) is 10.2.